The summed E-state index contributed by atoms with van der Waals surface area (Å²) < 4.78 is 0. The minimum Gasteiger partial charge on any atom is -0.481 e. The molecule has 0 aromatic heterocycles. The third-order valence-corrected chi connectivity index (χ3v) is 1.03. The largest absolute Gasteiger partial charge is 0.481 e. The highest BCUT2D eigenvalue weighted by Crippen LogP contribution is 1.98. The second-order valence-corrected chi connectivity index (χ2v) is 1.99. The molecule has 0 fully saturated rings. The van der Waals surface area contributed by atoms with E-state index < -0.39 is 11.9 Å². The molecule has 4 nitrogen and oxygen atoms in total. The van der Waals surface area contributed by atoms with Crippen molar-refractivity contribution in [3.05, 3.63) is 7.43 Å². The molecule has 4 heteroatoms. The third-order valence-electron chi connectivity index (χ3n) is 1.03. The van der Waals surface area contributed by atoms with Crippen molar-refractivity contribution in [2.45, 2.75) is 25.7 Å². The molecule has 0 unspecified atom stereocenters. The zero-order chi connectivity index (χ0) is 7.98. The molecule has 4 radical (unpaired) electrons. The highest BCUT2D eigenvalue weighted by molar-refractivity contribution is 5.67. The lowest BCUT2D eigenvalue weighted by atomic mass is 10.2. The number of carboxylic acids is 2. The maximum atomic E-state index is 9.90. The van der Waals surface area contributed by atoms with Crippen molar-refractivity contribution in [1.29, 1.82) is 0 Å². The number of aliphatic carboxylic acids is 2. The van der Waals surface area contributed by atoms with E-state index in [4.69, 9.17) is 10.2 Å². The normalized spacial score (nSPS) is 8.36. The highest BCUT2D eigenvalue weighted by atomic mass is 16.4. The average Bonchev–Trinajstić information content (AvgIpc) is 1.79. The van der Waals surface area contributed by atoms with Crippen molar-refractivity contribution in [1.82, 2.24) is 0 Å². The van der Waals surface area contributed by atoms with Crippen LogP contribution in [0.25, 0.3) is 0 Å². The molecule has 0 aliphatic heterocycles. The van der Waals surface area contributed by atoms with E-state index in [1.165, 1.54) is 0 Å². The summed E-state index contributed by atoms with van der Waals surface area (Å²) in [5.74, 6) is -1.74. The molecule has 0 spiro atoms. The molecule has 0 aromatic rings. The zero-order valence-corrected chi connectivity index (χ0v) is 6.04. The van der Waals surface area contributed by atoms with Gasteiger partial charge >= 0.3 is 11.9 Å². The maximum absolute atomic E-state index is 9.90. The monoisotopic (exact) mass is 158 g/mol. The average molecular weight is 158 g/mol. The Bertz CT molecular complexity index is 114. The van der Waals surface area contributed by atoms with Crippen LogP contribution in [-0.4, -0.2) is 22.2 Å². The van der Waals surface area contributed by atoms with E-state index in [2.05, 4.69) is 0 Å². The number of hydrogen-bond donors (Lipinski definition) is 2. The van der Waals surface area contributed by atoms with Crippen LogP contribution in [0.4, 0.5) is 0 Å². The minimum atomic E-state index is -0.870. The molecular formula is C7H10O4. The van der Waals surface area contributed by atoms with Crippen molar-refractivity contribution in [3.8, 4) is 0 Å². The SMILES string of the molecule is O=C(O)CCCCC(=O)O.[C]. The Labute approximate surface area is 65.8 Å². The number of hydrogen-bond acceptors (Lipinski definition) is 2. The molecule has 0 bridgehead atoms. The molecule has 0 saturated carbocycles. The Morgan fingerprint density at radius 2 is 1.18 bits per heavy atom. The van der Waals surface area contributed by atoms with Crippen molar-refractivity contribution < 1.29 is 19.8 Å². The van der Waals surface area contributed by atoms with Gasteiger partial charge in [0.05, 0.1) is 0 Å². The number of rotatable bonds is 5. The van der Waals surface area contributed by atoms with Crippen LogP contribution in [0.2, 0.25) is 0 Å². The van der Waals surface area contributed by atoms with Crippen LogP contribution in [0.3, 0.4) is 0 Å². The molecule has 0 saturated heterocycles. The summed E-state index contributed by atoms with van der Waals surface area (Å²) in [6.45, 7) is 0. The summed E-state index contributed by atoms with van der Waals surface area (Å²) in [5.41, 5.74) is 0. The predicted octanol–water partition coefficient (Wildman–Crippen LogP) is 0.797. The third kappa shape index (κ3) is 12.2. The minimum absolute atomic E-state index is 0. The summed E-state index contributed by atoms with van der Waals surface area (Å²) in [7, 11) is 0. The number of carboxylic acid groups (broad SMARTS) is 2. The summed E-state index contributed by atoms with van der Waals surface area (Å²) >= 11 is 0. The van der Waals surface area contributed by atoms with Crippen molar-refractivity contribution >= 4 is 11.9 Å². The fraction of sp³-hybridized carbons (Fsp3) is 0.571. The molecule has 11 heavy (non-hydrogen) atoms. The van der Waals surface area contributed by atoms with E-state index in [0.29, 0.717) is 12.8 Å². The Hall–Kier alpha value is -1.06. The zero-order valence-electron chi connectivity index (χ0n) is 6.04. The summed E-state index contributed by atoms with van der Waals surface area (Å²) in [6, 6.07) is 0. The van der Waals surface area contributed by atoms with Crippen LogP contribution in [-0.2, 0) is 9.59 Å². The fourth-order valence-corrected chi connectivity index (χ4v) is 0.552. The van der Waals surface area contributed by atoms with Gasteiger partial charge in [-0.2, -0.15) is 0 Å². The summed E-state index contributed by atoms with van der Waals surface area (Å²) in [6.07, 6.45) is 1.02. The van der Waals surface area contributed by atoms with Crippen LogP contribution >= 0.6 is 0 Å². The maximum Gasteiger partial charge on any atom is 0.303 e. The molecule has 2 N–H and O–H groups in total. The molecule has 0 heterocycles. The van der Waals surface area contributed by atoms with E-state index in [1.807, 2.05) is 0 Å². The van der Waals surface area contributed by atoms with Gasteiger partial charge in [0.1, 0.15) is 0 Å². The topological polar surface area (TPSA) is 74.6 Å². The van der Waals surface area contributed by atoms with Crippen molar-refractivity contribution in [2.75, 3.05) is 0 Å². The van der Waals surface area contributed by atoms with E-state index in [9.17, 15) is 9.59 Å². The van der Waals surface area contributed by atoms with E-state index in [-0.39, 0.29) is 20.3 Å². The lowest BCUT2D eigenvalue weighted by molar-refractivity contribution is -0.139. The lowest BCUT2D eigenvalue weighted by Gasteiger charge is -1.92. The first kappa shape index (κ1) is 12.6. The van der Waals surface area contributed by atoms with Gasteiger partial charge in [-0.1, -0.05) is 0 Å². The molecule has 0 aliphatic carbocycles. The molecule has 62 valence electrons. The number of unbranched alkanes of at least 4 members (excludes halogenated alkanes) is 1. The Balaban J connectivity index is 0. The van der Waals surface area contributed by atoms with Gasteiger partial charge < -0.3 is 10.2 Å². The van der Waals surface area contributed by atoms with Crippen molar-refractivity contribution in [3.63, 3.8) is 0 Å². The predicted molar refractivity (Wildman–Crippen MR) is 37.0 cm³/mol. The Morgan fingerprint density at radius 3 is 1.36 bits per heavy atom. The first-order valence-corrected chi connectivity index (χ1v) is 3.06. The lowest BCUT2D eigenvalue weighted by Crippen LogP contribution is -1.97. The smallest absolute Gasteiger partial charge is 0.303 e. The number of carbonyl (C=O) groups is 2. The van der Waals surface area contributed by atoms with Gasteiger partial charge in [-0.3, -0.25) is 9.59 Å². The van der Waals surface area contributed by atoms with Crippen LogP contribution in [0, 0.1) is 7.43 Å². The van der Waals surface area contributed by atoms with E-state index in [1.54, 1.807) is 0 Å². The van der Waals surface area contributed by atoms with E-state index >= 15 is 0 Å². The van der Waals surface area contributed by atoms with Crippen LogP contribution < -0.4 is 0 Å². The van der Waals surface area contributed by atoms with Gasteiger partial charge in [-0.25, -0.2) is 0 Å². The Morgan fingerprint density at radius 1 is 0.909 bits per heavy atom. The molecule has 0 aromatic carbocycles. The van der Waals surface area contributed by atoms with E-state index in [0.717, 1.165) is 0 Å². The summed E-state index contributed by atoms with van der Waals surface area (Å²) in [5, 5.41) is 16.3. The van der Waals surface area contributed by atoms with Crippen LogP contribution in [0.1, 0.15) is 25.7 Å². The van der Waals surface area contributed by atoms with Gasteiger partial charge in [-0.05, 0) is 12.8 Å². The highest BCUT2D eigenvalue weighted by Gasteiger charge is 1.99. The first-order chi connectivity index (χ1) is 4.63. The second-order valence-electron chi connectivity index (χ2n) is 1.99. The van der Waals surface area contributed by atoms with Gasteiger partial charge in [0.25, 0.3) is 0 Å². The molecule has 0 amide bonds. The van der Waals surface area contributed by atoms with Gasteiger partial charge in [0.15, 0.2) is 0 Å². The fourth-order valence-electron chi connectivity index (χ4n) is 0.552. The van der Waals surface area contributed by atoms with Crippen molar-refractivity contribution in [2.24, 2.45) is 0 Å². The molecule has 0 atom stereocenters. The second kappa shape index (κ2) is 7.05. The quantitative estimate of drug-likeness (QED) is 0.580. The van der Waals surface area contributed by atoms with Crippen LogP contribution in [0.5, 0.6) is 0 Å². The Kier molecular flexibility index (Phi) is 8.08. The van der Waals surface area contributed by atoms with Gasteiger partial charge in [-0.15, -0.1) is 0 Å². The molecular weight excluding hydrogens is 148 g/mol. The van der Waals surface area contributed by atoms with Gasteiger partial charge in [0, 0.05) is 20.3 Å². The van der Waals surface area contributed by atoms with Gasteiger partial charge in [0.2, 0.25) is 0 Å². The summed E-state index contributed by atoms with van der Waals surface area (Å²) in [4.78, 5) is 19.8. The molecule has 0 aliphatic rings. The first-order valence-electron chi connectivity index (χ1n) is 3.06. The van der Waals surface area contributed by atoms with Crippen LogP contribution in [0.15, 0.2) is 0 Å². The molecule has 0 rings (SSSR count). The standard InChI is InChI=1S/C6H10O4.C/c7-5(8)3-1-2-4-6(9)10;/h1-4H2,(H,7,8)(H,9,10);.